The van der Waals surface area contributed by atoms with E-state index < -0.39 is 17.4 Å². The number of anilines is 1. The molecule has 1 N–H and O–H groups in total. The number of amides is 1. The first kappa shape index (κ1) is 21.9. The summed E-state index contributed by atoms with van der Waals surface area (Å²) in [6.07, 6.45) is -0.970. The summed E-state index contributed by atoms with van der Waals surface area (Å²) in [6, 6.07) is 19.0. The highest BCUT2D eigenvalue weighted by Gasteiger charge is 2.23. The van der Waals surface area contributed by atoms with Gasteiger partial charge in [0.1, 0.15) is 5.58 Å². The van der Waals surface area contributed by atoms with E-state index in [-0.39, 0.29) is 16.9 Å². The van der Waals surface area contributed by atoms with Gasteiger partial charge in [-0.05, 0) is 67.9 Å². The summed E-state index contributed by atoms with van der Waals surface area (Å²) >= 11 is 12.2. The Kier molecular flexibility index (Phi) is 6.21. The van der Waals surface area contributed by atoms with Crippen LogP contribution in [0.3, 0.4) is 0 Å². The number of hydrogen-bond acceptors (Lipinski definition) is 4. The summed E-state index contributed by atoms with van der Waals surface area (Å²) < 4.78 is 12.0. The van der Waals surface area contributed by atoms with Crippen LogP contribution in [-0.4, -0.2) is 12.0 Å². The van der Waals surface area contributed by atoms with Gasteiger partial charge in [-0.25, -0.2) is 0 Å². The third-order valence-corrected chi connectivity index (χ3v) is 5.60. The van der Waals surface area contributed by atoms with Gasteiger partial charge in [-0.2, -0.15) is 0 Å². The molecule has 32 heavy (non-hydrogen) atoms. The second kappa shape index (κ2) is 9.07. The molecule has 162 valence electrons. The molecule has 3 aromatic carbocycles. The molecule has 0 saturated carbocycles. The molecule has 0 aliphatic carbocycles. The van der Waals surface area contributed by atoms with Crippen LogP contribution in [0.15, 0.2) is 75.9 Å². The number of nitrogens with one attached hydrogen (secondary N) is 1. The van der Waals surface area contributed by atoms with Crippen LogP contribution in [0.2, 0.25) is 10.0 Å². The van der Waals surface area contributed by atoms with Crippen molar-refractivity contribution in [1.82, 2.24) is 0 Å². The molecule has 0 saturated heterocycles. The van der Waals surface area contributed by atoms with Crippen LogP contribution in [0, 0.1) is 6.92 Å². The Balaban J connectivity index is 1.79. The quantitative estimate of drug-likeness (QED) is 0.364. The smallest absolute Gasteiger partial charge is 0.265 e. The first-order valence-corrected chi connectivity index (χ1v) is 10.6. The predicted octanol–water partition coefficient (Wildman–Crippen LogP) is 6.48. The lowest BCUT2D eigenvalue weighted by atomic mass is 10.1. The number of fused-ring (bicyclic) bond motifs is 1. The third-order valence-electron chi connectivity index (χ3n) is 4.94. The Morgan fingerprint density at radius 3 is 2.41 bits per heavy atom. The number of rotatable bonds is 5. The molecule has 0 aliphatic rings. The van der Waals surface area contributed by atoms with E-state index in [9.17, 15) is 9.59 Å². The number of halogens is 2. The van der Waals surface area contributed by atoms with Gasteiger partial charge >= 0.3 is 0 Å². The van der Waals surface area contributed by atoms with Gasteiger partial charge in [0.2, 0.25) is 11.2 Å². The van der Waals surface area contributed by atoms with Crippen molar-refractivity contribution in [1.29, 1.82) is 0 Å². The molecule has 1 aromatic heterocycles. The van der Waals surface area contributed by atoms with Crippen LogP contribution in [0.5, 0.6) is 5.75 Å². The van der Waals surface area contributed by atoms with Crippen molar-refractivity contribution >= 4 is 45.8 Å². The van der Waals surface area contributed by atoms with Crippen molar-refractivity contribution in [3.63, 3.8) is 0 Å². The molecule has 1 heterocycles. The topological polar surface area (TPSA) is 68.5 Å². The van der Waals surface area contributed by atoms with Crippen molar-refractivity contribution < 1.29 is 13.9 Å². The Morgan fingerprint density at radius 2 is 1.72 bits per heavy atom. The fourth-order valence-electron chi connectivity index (χ4n) is 3.19. The SMILES string of the molecule is Cc1cc2oc(-c3ccc(Cl)cc3)c(OC(C)C(=O)Nc3ccccc3)c(=O)c2cc1Cl. The second-order valence-corrected chi connectivity index (χ2v) is 8.15. The molecule has 0 radical (unpaired) electrons. The number of carbonyl (C=O) groups is 1. The summed E-state index contributed by atoms with van der Waals surface area (Å²) in [5.41, 5.74) is 1.94. The molecule has 1 unspecified atom stereocenters. The summed E-state index contributed by atoms with van der Waals surface area (Å²) in [6.45, 7) is 3.39. The number of aryl methyl sites for hydroxylation is 1. The summed E-state index contributed by atoms with van der Waals surface area (Å²) in [4.78, 5) is 26.0. The first-order chi connectivity index (χ1) is 15.3. The van der Waals surface area contributed by atoms with Gasteiger partial charge in [0.25, 0.3) is 5.91 Å². The van der Waals surface area contributed by atoms with Crippen molar-refractivity contribution in [2.45, 2.75) is 20.0 Å². The van der Waals surface area contributed by atoms with Crippen molar-refractivity contribution in [2.24, 2.45) is 0 Å². The Morgan fingerprint density at radius 1 is 1.03 bits per heavy atom. The van der Waals surface area contributed by atoms with Crippen molar-refractivity contribution in [2.75, 3.05) is 5.32 Å². The van der Waals surface area contributed by atoms with Crippen LogP contribution >= 0.6 is 23.2 Å². The second-order valence-electron chi connectivity index (χ2n) is 7.31. The van der Waals surface area contributed by atoms with Gasteiger partial charge in [-0.1, -0.05) is 41.4 Å². The van der Waals surface area contributed by atoms with E-state index in [1.54, 1.807) is 55.5 Å². The van der Waals surface area contributed by atoms with Crippen molar-refractivity contribution in [3.8, 4) is 17.1 Å². The van der Waals surface area contributed by atoms with Gasteiger partial charge in [-0.15, -0.1) is 0 Å². The summed E-state index contributed by atoms with van der Waals surface area (Å²) in [5.74, 6) is -0.268. The van der Waals surface area contributed by atoms with Gasteiger partial charge < -0.3 is 14.5 Å². The lowest BCUT2D eigenvalue weighted by Crippen LogP contribution is -2.31. The average molecular weight is 468 g/mol. The highest BCUT2D eigenvalue weighted by molar-refractivity contribution is 6.32. The van der Waals surface area contributed by atoms with Gasteiger partial charge in [0.15, 0.2) is 11.9 Å². The highest BCUT2D eigenvalue weighted by Crippen LogP contribution is 2.33. The highest BCUT2D eigenvalue weighted by atomic mass is 35.5. The molecule has 0 spiro atoms. The van der Waals surface area contributed by atoms with Gasteiger partial charge in [-0.3, -0.25) is 9.59 Å². The molecule has 1 atom stereocenters. The standard InChI is InChI=1S/C25H19Cl2NO4/c1-14-12-21-19(13-20(14)27)22(29)24(23(32-21)16-8-10-17(26)11-9-16)31-15(2)25(30)28-18-6-4-3-5-7-18/h3-13,15H,1-2H3,(H,28,30). The van der Waals surface area contributed by atoms with E-state index >= 15 is 0 Å². The molecule has 0 bridgehead atoms. The fourth-order valence-corrected chi connectivity index (χ4v) is 3.48. The molecule has 0 aliphatic heterocycles. The number of benzene rings is 3. The normalized spacial score (nSPS) is 11.9. The van der Waals surface area contributed by atoms with Crippen LogP contribution in [-0.2, 0) is 4.79 Å². The van der Waals surface area contributed by atoms with E-state index in [0.717, 1.165) is 5.56 Å². The predicted molar refractivity (Wildman–Crippen MR) is 128 cm³/mol. The molecule has 5 nitrogen and oxygen atoms in total. The lowest BCUT2D eigenvalue weighted by Gasteiger charge is -2.17. The Hall–Kier alpha value is -3.28. The molecule has 4 aromatic rings. The molecular weight excluding hydrogens is 449 g/mol. The zero-order chi connectivity index (χ0) is 22.8. The van der Waals surface area contributed by atoms with E-state index in [4.69, 9.17) is 32.4 Å². The molecule has 1 amide bonds. The van der Waals surface area contributed by atoms with Gasteiger partial charge in [0.05, 0.1) is 5.39 Å². The zero-order valence-corrected chi connectivity index (χ0v) is 18.8. The molecule has 0 fully saturated rings. The summed E-state index contributed by atoms with van der Waals surface area (Å²) in [5, 5.41) is 4.01. The number of carbonyl (C=O) groups excluding carboxylic acids is 1. The zero-order valence-electron chi connectivity index (χ0n) is 17.3. The van der Waals surface area contributed by atoms with Crippen LogP contribution in [0.25, 0.3) is 22.3 Å². The van der Waals surface area contributed by atoms with E-state index in [2.05, 4.69) is 5.32 Å². The van der Waals surface area contributed by atoms with E-state index in [0.29, 0.717) is 26.9 Å². The van der Waals surface area contributed by atoms with Crippen molar-refractivity contribution in [3.05, 3.63) is 92.6 Å². The number of hydrogen-bond donors (Lipinski definition) is 1. The molecule has 7 heteroatoms. The Bertz CT molecular complexity index is 1350. The van der Waals surface area contributed by atoms with E-state index in [1.807, 2.05) is 25.1 Å². The minimum Gasteiger partial charge on any atom is -0.473 e. The fraction of sp³-hybridized carbons (Fsp3) is 0.120. The lowest BCUT2D eigenvalue weighted by molar-refractivity contribution is -0.122. The monoisotopic (exact) mass is 467 g/mol. The van der Waals surface area contributed by atoms with Crippen LogP contribution < -0.4 is 15.5 Å². The minimum absolute atomic E-state index is 0.0737. The maximum absolute atomic E-state index is 13.4. The largest absolute Gasteiger partial charge is 0.473 e. The number of para-hydroxylation sites is 1. The third kappa shape index (κ3) is 4.49. The summed E-state index contributed by atoms with van der Waals surface area (Å²) in [7, 11) is 0. The maximum atomic E-state index is 13.4. The minimum atomic E-state index is -0.970. The van der Waals surface area contributed by atoms with Gasteiger partial charge in [0, 0.05) is 21.3 Å². The van der Waals surface area contributed by atoms with Crippen LogP contribution in [0.1, 0.15) is 12.5 Å². The average Bonchev–Trinajstić information content (AvgIpc) is 2.78. The Labute approximate surface area is 194 Å². The first-order valence-electron chi connectivity index (χ1n) is 9.89. The molecular formula is C25H19Cl2NO4. The maximum Gasteiger partial charge on any atom is 0.265 e. The van der Waals surface area contributed by atoms with E-state index in [1.165, 1.54) is 0 Å². The number of ether oxygens (including phenoxy) is 1. The van der Waals surface area contributed by atoms with Crippen LogP contribution in [0.4, 0.5) is 5.69 Å². The molecule has 4 rings (SSSR count).